The summed E-state index contributed by atoms with van der Waals surface area (Å²) >= 11 is 6.62. The molecular weight excluding hydrogens is 335 g/mol. The molecule has 0 saturated heterocycles. The molecule has 4 rings (SSSR count). The first-order chi connectivity index (χ1) is 12.0. The molecule has 0 amide bonds. The molecule has 0 spiro atoms. The van der Waals surface area contributed by atoms with Gasteiger partial charge in [-0.25, -0.2) is 4.39 Å². The Bertz CT molecular complexity index is 1030. The number of nitrogens with zero attached hydrogens (tertiary/aromatic N) is 2. The van der Waals surface area contributed by atoms with Crippen LogP contribution in [0.25, 0.3) is 10.9 Å². The molecule has 0 radical (unpaired) electrons. The molecule has 25 heavy (non-hydrogen) atoms. The first-order valence-electron chi connectivity index (χ1n) is 8.39. The topological polar surface area (TPSA) is 25.2 Å². The molecule has 4 heteroatoms. The van der Waals surface area contributed by atoms with Gasteiger partial charge in [0.15, 0.2) is 0 Å². The molecule has 2 atom stereocenters. The summed E-state index contributed by atoms with van der Waals surface area (Å²) in [5, 5.41) is 1.58. The van der Waals surface area contributed by atoms with Crippen LogP contribution in [0.4, 0.5) is 4.39 Å². The third kappa shape index (κ3) is 2.54. The summed E-state index contributed by atoms with van der Waals surface area (Å²) in [6, 6.07) is 11.2. The van der Waals surface area contributed by atoms with Gasteiger partial charge in [-0.3, -0.25) is 9.98 Å². The van der Waals surface area contributed by atoms with Crippen molar-refractivity contribution in [1.82, 2.24) is 4.98 Å². The molecule has 0 aliphatic carbocycles. The van der Waals surface area contributed by atoms with E-state index in [1.807, 2.05) is 25.1 Å². The number of aliphatic imine (C=N–C) groups is 1. The van der Waals surface area contributed by atoms with Crippen LogP contribution in [0.3, 0.4) is 0 Å². The quantitative estimate of drug-likeness (QED) is 0.553. The predicted molar refractivity (Wildman–Crippen MR) is 101 cm³/mol. The second-order valence-corrected chi connectivity index (χ2v) is 7.08. The average Bonchev–Trinajstić information content (AvgIpc) is 2.60. The molecule has 0 N–H and O–H groups in total. The number of benzene rings is 2. The molecule has 3 aromatic rings. The highest BCUT2D eigenvalue weighted by Crippen LogP contribution is 2.38. The highest BCUT2D eigenvalue weighted by atomic mass is 35.5. The molecule has 126 valence electrons. The molecule has 1 aliphatic heterocycles. The number of aromatic nitrogens is 1. The minimum atomic E-state index is -0.310. The van der Waals surface area contributed by atoms with Gasteiger partial charge in [0.1, 0.15) is 11.3 Å². The molecule has 0 fully saturated rings. The summed E-state index contributed by atoms with van der Waals surface area (Å²) < 4.78 is 13.9. The lowest BCUT2D eigenvalue weighted by molar-refractivity contribution is 0.605. The summed E-state index contributed by atoms with van der Waals surface area (Å²) in [5.74, 6) is -0.0623. The maximum atomic E-state index is 13.9. The van der Waals surface area contributed by atoms with Crippen molar-refractivity contribution in [2.75, 3.05) is 0 Å². The van der Waals surface area contributed by atoms with Gasteiger partial charge in [0.25, 0.3) is 0 Å². The Morgan fingerprint density at radius 1 is 1.12 bits per heavy atom. The van der Waals surface area contributed by atoms with E-state index >= 15 is 0 Å². The van der Waals surface area contributed by atoms with E-state index in [0.29, 0.717) is 5.52 Å². The van der Waals surface area contributed by atoms with Crippen LogP contribution >= 0.6 is 11.6 Å². The Labute approximate surface area is 151 Å². The zero-order chi connectivity index (χ0) is 17.7. The minimum Gasteiger partial charge on any atom is -0.280 e. The third-order valence-corrected chi connectivity index (χ3v) is 5.58. The lowest BCUT2D eigenvalue weighted by atomic mass is 9.83. The molecule has 1 aromatic heterocycles. The van der Waals surface area contributed by atoms with Crippen molar-refractivity contribution in [2.24, 2.45) is 4.99 Å². The highest BCUT2D eigenvalue weighted by molar-refractivity contribution is 6.33. The number of pyridine rings is 1. The third-order valence-electron chi connectivity index (χ3n) is 5.07. The van der Waals surface area contributed by atoms with Crippen molar-refractivity contribution in [3.05, 3.63) is 75.7 Å². The van der Waals surface area contributed by atoms with Crippen molar-refractivity contribution in [3.8, 4) is 0 Å². The maximum absolute atomic E-state index is 13.9. The van der Waals surface area contributed by atoms with Crippen molar-refractivity contribution < 1.29 is 4.39 Å². The maximum Gasteiger partial charge on any atom is 0.149 e. The zero-order valence-electron chi connectivity index (χ0n) is 14.3. The molecule has 0 saturated carbocycles. The molecule has 2 nitrogen and oxygen atoms in total. The number of rotatable bonds is 1. The molecular formula is C21H18ClFN2. The Balaban J connectivity index is 1.94. The van der Waals surface area contributed by atoms with E-state index in [1.165, 1.54) is 6.07 Å². The van der Waals surface area contributed by atoms with Crippen LogP contribution in [-0.2, 0) is 0 Å². The lowest BCUT2D eigenvalue weighted by Crippen LogP contribution is -2.24. The fourth-order valence-corrected chi connectivity index (χ4v) is 3.80. The van der Waals surface area contributed by atoms with Gasteiger partial charge < -0.3 is 0 Å². The van der Waals surface area contributed by atoms with E-state index in [1.54, 1.807) is 12.3 Å². The Kier molecular flexibility index (Phi) is 3.84. The van der Waals surface area contributed by atoms with Crippen molar-refractivity contribution in [3.63, 3.8) is 0 Å². The Hall–Kier alpha value is -2.26. The standard InChI is InChI=1S/C21H18ClFN2/c1-11-7-8-16-18(19(11)22)12(2)13(3)25-20(16)15-9-14-5-4-6-17(23)21(14)24-10-15/h4-10,12-13H,1-3H3/t12-,13+/m0/s1. The molecule has 1 aliphatic rings. The first-order valence-corrected chi connectivity index (χ1v) is 8.77. The van der Waals surface area contributed by atoms with Crippen LogP contribution in [-0.4, -0.2) is 16.7 Å². The van der Waals surface area contributed by atoms with Gasteiger partial charge in [-0.2, -0.15) is 0 Å². The van der Waals surface area contributed by atoms with E-state index in [-0.39, 0.29) is 17.8 Å². The van der Waals surface area contributed by atoms with Crippen LogP contribution in [0.5, 0.6) is 0 Å². The second kappa shape index (κ2) is 5.92. The predicted octanol–water partition coefficient (Wildman–Crippen LogP) is 5.68. The summed E-state index contributed by atoms with van der Waals surface area (Å²) in [4.78, 5) is 9.22. The molecule has 0 bridgehead atoms. The van der Waals surface area contributed by atoms with Gasteiger partial charge in [-0.05, 0) is 37.1 Å². The van der Waals surface area contributed by atoms with Gasteiger partial charge in [0.05, 0.1) is 11.8 Å². The number of fused-ring (bicyclic) bond motifs is 2. The number of hydrogen-bond donors (Lipinski definition) is 0. The van der Waals surface area contributed by atoms with Crippen molar-refractivity contribution in [1.29, 1.82) is 0 Å². The Morgan fingerprint density at radius 2 is 1.92 bits per heavy atom. The SMILES string of the molecule is Cc1ccc2c(c1Cl)[C@@H](C)[C@@H](C)N=C2c1cnc2c(F)cccc2c1. The van der Waals surface area contributed by atoms with Crippen LogP contribution in [0.1, 0.15) is 42.0 Å². The van der Waals surface area contributed by atoms with Crippen LogP contribution in [0.2, 0.25) is 5.02 Å². The van der Waals surface area contributed by atoms with Crippen molar-refractivity contribution in [2.45, 2.75) is 32.7 Å². The highest BCUT2D eigenvalue weighted by Gasteiger charge is 2.28. The normalized spacial score (nSPS) is 19.6. The van der Waals surface area contributed by atoms with E-state index in [0.717, 1.165) is 38.4 Å². The van der Waals surface area contributed by atoms with Gasteiger partial charge >= 0.3 is 0 Å². The van der Waals surface area contributed by atoms with E-state index in [9.17, 15) is 4.39 Å². The molecule has 2 heterocycles. The lowest BCUT2D eigenvalue weighted by Gasteiger charge is -2.29. The van der Waals surface area contributed by atoms with Crippen LogP contribution < -0.4 is 0 Å². The van der Waals surface area contributed by atoms with E-state index < -0.39 is 0 Å². The fraction of sp³-hybridized carbons (Fsp3) is 0.238. The average molecular weight is 353 g/mol. The van der Waals surface area contributed by atoms with E-state index in [4.69, 9.17) is 16.6 Å². The summed E-state index contributed by atoms with van der Waals surface area (Å²) in [5.41, 5.74) is 5.39. The van der Waals surface area contributed by atoms with Gasteiger partial charge in [-0.15, -0.1) is 0 Å². The van der Waals surface area contributed by atoms with Gasteiger partial charge in [0.2, 0.25) is 0 Å². The molecule has 0 unspecified atom stereocenters. The number of aryl methyl sites for hydroxylation is 1. The van der Waals surface area contributed by atoms with Gasteiger partial charge in [-0.1, -0.05) is 42.8 Å². The summed E-state index contributed by atoms with van der Waals surface area (Å²) in [6.07, 6.45) is 1.70. The number of hydrogen-bond acceptors (Lipinski definition) is 2. The Morgan fingerprint density at radius 3 is 2.72 bits per heavy atom. The fourth-order valence-electron chi connectivity index (χ4n) is 3.46. The largest absolute Gasteiger partial charge is 0.280 e. The second-order valence-electron chi connectivity index (χ2n) is 6.70. The van der Waals surface area contributed by atoms with E-state index in [2.05, 4.69) is 24.9 Å². The minimum absolute atomic E-state index is 0.116. The first kappa shape index (κ1) is 16.2. The smallest absolute Gasteiger partial charge is 0.149 e. The molecule has 2 aromatic carbocycles. The number of halogens is 2. The van der Waals surface area contributed by atoms with Crippen LogP contribution in [0.15, 0.2) is 47.6 Å². The van der Waals surface area contributed by atoms with Crippen LogP contribution in [0, 0.1) is 12.7 Å². The van der Waals surface area contributed by atoms with Crippen molar-refractivity contribution >= 4 is 28.2 Å². The summed E-state index contributed by atoms with van der Waals surface area (Å²) in [7, 11) is 0. The zero-order valence-corrected chi connectivity index (χ0v) is 15.1. The number of para-hydroxylation sites is 1. The monoisotopic (exact) mass is 352 g/mol. The van der Waals surface area contributed by atoms with Gasteiger partial charge in [0, 0.05) is 33.7 Å². The summed E-state index contributed by atoms with van der Waals surface area (Å²) in [6.45, 7) is 6.27.